The molecule has 0 heterocycles. The Morgan fingerprint density at radius 3 is 2.00 bits per heavy atom. The van der Waals surface area contributed by atoms with Gasteiger partial charge in [-0.15, -0.1) is 0 Å². The Morgan fingerprint density at radius 2 is 1.52 bits per heavy atom. The Balaban J connectivity index is -0.00000157. The van der Waals surface area contributed by atoms with Gasteiger partial charge in [0, 0.05) is 23.5 Å². The molecular weight excluding hydrogens is 513 g/mol. The van der Waals surface area contributed by atoms with Gasteiger partial charge in [-0.1, -0.05) is 143 Å². The van der Waals surface area contributed by atoms with Crippen LogP contribution >= 0.6 is 11.6 Å². The summed E-state index contributed by atoms with van der Waals surface area (Å²) in [6, 6.07) is 13.5. The first kappa shape index (κ1) is 41.9. The van der Waals surface area contributed by atoms with Crippen LogP contribution in [0.15, 0.2) is 78.5 Å². The molecule has 226 valence electrons. The van der Waals surface area contributed by atoms with E-state index >= 15 is 0 Å². The van der Waals surface area contributed by atoms with Gasteiger partial charge in [-0.05, 0) is 67.7 Å². The van der Waals surface area contributed by atoms with E-state index in [1.54, 1.807) is 18.2 Å². The van der Waals surface area contributed by atoms with Crippen molar-refractivity contribution in [1.82, 2.24) is 0 Å². The lowest BCUT2D eigenvalue weighted by atomic mass is 10.0. The minimum atomic E-state index is -0.304. The van der Waals surface area contributed by atoms with Crippen molar-refractivity contribution in [3.63, 3.8) is 0 Å². The second kappa shape index (κ2) is 25.4. The summed E-state index contributed by atoms with van der Waals surface area (Å²) in [5, 5.41) is 0.567. The van der Waals surface area contributed by atoms with Crippen LogP contribution in [0.3, 0.4) is 0 Å². The van der Waals surface area contributed by atoms with Gasteiger partial charge in [0.05, 0.1) is 5.03 Å². The van der Waals surface area contributed by atoms with Crippen molar-refractivity contribution in [2.24, 2.45) is 5.92 Å². The summed E-state index contributed by atoms with van der Waals surface area (Å²) in [6.07, 6.45) is 9.96. The lowest BCUT2D eigenvalue weighted by molar-refractivity contribution is 0.488. The van der Waals surface area contributed by atoms with Crippen LogP contribution in [0.1, 0.15) is 112 Å². The summed E-state index contributed by atoms with van der Waals surface area (Å²) in [5.74, 6) is 0.355. The molecule has 2 aromatic rings. The molecule has 0 saturated heterocycles. The van der Waals surface area contributed by atoms with Gasteiger partial charge in [-0.25, -0.2) is 4.39 Å². The average Bonchev–Trinajstić information content (AvgIpc) is 2.94. The standard InChI is InChI=1S/C29H35ClFN.C3H8.2C2H6.CH4/c1-7-10-21(4)17-18-32(26-14-11-22(5)12-15-26)23(6)19-28(30)27(9-3)25-13-16-29(31)24(8-2)20-25;1-3-2;2*1-2;/h8-9,11-16,19-21H,2-3,7,10,17-18H2,1,4-6H3;3H2,1-2H3;2*1-2H3;1H4/b23-19+,28-27-;;;;. The van der Waals surface area contributed by atoms with Crippen molar-refractivity contribution in [1.29, 1.82) is 0 Å². The van der Waals surface area contributed by atoms with E-state index in [9.17, 15) is 4.39 Å². The maximum absolute atomic E-state index is 13.9. The first-order valence-corrected chi connectivity index (χ1v) is 15.1. The quantitative estimate of drug-likeness (QED) is 0.242. The Hall–Kier alpha value is -2.58. The molecule has 3 heteroatoms. The number of aryl methyl sites for hydroxylation is 1. The van der Waals surface area contributed by atoms with Crippen LogP contribution in [0, 0.1) is 18.7 Å². The number of hydrogen-bond donors (Lipinski definition) is 0. The summed E-state index contributed by atoms with van der Waals surface area (Å²) in [6.45, 7) is 29.5. The summed E-state index contributed by atoms with van der Waals surface area (Å²) in [5.41, 5.74) is 5.44. The first-order valence-electron chi connectivity index (χ1n) is 14.7. The van der Waals surface area contributed by atoms with E-state index in [0.29, 0.717) is 16.5 Å². The Bertz CT molecular complexity index is 1000. The molecule has 0 radical (unpaired) electrons. The zero-order chi connectivity index (χ0) is 30.4. The lowest BCUT2D eigenvalue weighted by Crippen LogP contribution is -2.24. The second-order valence-electron chi connectivity index (χ2n) is 9.07. The van der Waals surface area contributed by atoms with Crippen LogP contribution in [0.25, 0.3) is 11.6 Å². The Kier molecular flexibility index (Phi) is 26.6. The number of hydrogen-bond acceptors (Lipinski definition) is 1. The fraction of sp³-hybridized carbons (Fsp3) is 0.459. The van der Waals surface area contributed by atoms with Crippen molar-refractivity contribution < 1.29 is 4.39 Å². The molecule has 0 aliphatic rings. The van der Waals surface area contributed by atoms with E-state index in [4.69, 9.17) is 11.6 Å². The monoisotopic (exact) mass is 571 g/mol. The predicted molar refractivity (Wildman–Crippen MR) is 186 cm³/mol. The second-order valence-corrected chi connectivity index (χ2v) is 9.48. The van der Waals surface area contributed by atoms with Crippen molar-refractivity contribution in [2.75, 3.05) is 11.4 Å². The molecule has 0 fully saturated rings. The van der Waals surface area contributed by atoms with Gasteiger partial charge in [0.1, 0.15) is 5.82 Å². The van der Waals surface area contributed by atoms with Gasteiger partial charge < -0.3 is 4.90 Å². The smallest absolute Gasteiger partial charge is 0.130 e. The van der Waals surface area contributed by atoms with Crippen LogP contribution in [0.2, 0.25) is 0 Å². The maximum atomic E-state index is 13.9. The highest BCUT2D eigenvalue weighted by molar-refractivity contribution is 6.35. The van der Waals surface area contributed by atoms with Gasteiger partial charge in [-0.2, -0.15) is 0 Å². The van der Waals surface area contributed by atoms with Crippen LogP contribution < -0.4 is 4.90 Å². The SMILES string of the molecule is C.C=C/C(=C(Cl)\C=C(/C)N(CCC(C)CCC)c1ccc(C)cc1)c1ccc(F)c(C=C)c1.CC.CC.CCC. The molecule has 0 amide bonds. The van der Waals surface area contributed by atoms with E-state index in [2.05, 4.69) is 83.9 Å². The van der Waals surface area contributed by atoms with Crippen molar-refractivity contribution >= 4 is 28.9 Å². The Labute approximate surface area is 253 Å². The molecule has 1 atom stereocenters. The third kappa shape index (κ3) is 15.3. The third-order valence-electron chi connectivity index (χ3n) is 5.72. The van der Waals surface area contributed by atoms with Crippen LogP contribution in [0.4, 0.5) is 10.1 Å². The molecule has 0 aromatic heterocycles. The van der Waals surface area contributed by atoms with E-state index in [1.165, 1.54) is 37.0 Å². The number of benzene rings is 2. The van der Waals surface area contributed by atoms with Crippen LogP contribution in [-0.2, 0) is 0 Å². The number of allylic oxidation sites excluding steroid dienone is 5. The van der Waals surface area contributed by atoms with E-state index in [-0.39, 0.29) is 13.2 Å². The zero-order valence-electron chi connectivity index (χ0n) is 26.5. The van der Waals surface area contributed by atoms with Crippen molar-refractivity contribution in [3.05, 3.63) is 101 Å². The number of halogens is 2. The molecule has 0 N–H and O–H groups in total. The lowest BCUT2D eigenvalue weighted by Gasteiger charge is -2.27. The first-order chi connectivity index (χ1) is 18.7. The fourth-order valence-corrected chi connectivity index (χ4v) is 4.12. The Morgan fingerprint density at radius 1 is 0.975 bits per heavy atom. The molecule has 1 nitrogen and oxygen atoms in total. The molecule has 0 spiro atoms. The number of nitrogens with zero attached hydrogens (tertiary/aromatic N) is 1. The van der Waals surface area contributed by atoms with Crippen LogP contribution in [-0.4, -0.2) is 6.54 Å². The molecule has 2 aromatic carbocycles. The molecule has 0 saturated carbocycles. The van der Waals surface area contributed by atoms with Gasteiger partial charge in [0.15, 0.2) is 0 Å². The minimum Gasteiger partial charge on any atom is -0.345 e. The summed E-state index contributed by atoms with van der Waals surface area (Å²) >= 11 is 6.77. The summed E-state index contributed by atoms with van der Waals surface area (Å²) < 4.78 is 13.9. The highest BCUT2D eigenvalue weighted by Gasteiger charge is 2.13. The topological polar surface area (TPSA) is 3.24 Å². The molecular formula is C37H59ClFN. The van der Waals surface area contributed by atoms with Crippen molar-refractivity contribution in [2.45, 2.75) is 102 Å². The van der Waals surface area contributed by atoms with Gasteiger partial charge in [0.25, 0.3) is 0 Å². The average molecular weight is 572 g/mol. The molecule has 0 aliphatic carbocycles. The van der Waals surface area contributed by atoms with Gasteiger partial charge >= 0.3 is 0 Å². The number of rotatable bonds is 11. The molecule has 40 heavy (non-hydrogen) atoms. The highest BCUT2D eigenvalue weighted by atomic mass is 35.5. The van der Waals surface area contributed by atoms with E-state index in [0.717, 1.165) is 35.5 Å². The highest BCUT2D eigenvalue weighted by Crippen LogP contribution is 2.29. The summed E-state index contributed by atoms with van der Waals surface area (Å²) in [7, 11) is 0. The summed E-state index contributed by atoms with van der Waals surface area (Å²) in [4.78, 5) is 2.31. The largest absolute Gasteiger partial charge is 0.345 e. The number of anilines is 1. The predicted octanol–water partition coefficient (Wildman–Crippen LogP) is 13.3. The molecule has 0 bridgehead atoms. The molecule has 1 unspecified atom stereocenters. The molecule has 0 aliphatic heterocycles. The molecule has 2 rings (SSSR count). The van der Waals surface area contributed by atoms with Crippen LogP contribution in [0.5, 0.6) is 0 Å². The normalized spacial score (nSPS) is 11.4. The maximum Gasteiger partial charge on any atom is 0.130 e. The zero-order valence-corrected chi connectivity index (χ0v) is 27.3. The fourth-order valence-electron chi connectivity index (χ4n) is 3.78. The van der Waals surface area contributed by atoms with E-state index in [1.807, 2.05) is 33.8 Å². The van der Waals surface area contributed by atoms with Crippen molar-refractivity contribution in [3.8, 4) is 0 Å². The van der Waals surface area contributed by atoms with E-state index < -0.39 is 0 Å². The van der Waals surface area contributed by atoms with Gasteiger partial charge in [0.2, 0.25) is 0 Å². The third-order valence-corrected chi connectivity index (χ3v) is 6.04. The minimum absolute atomic E-state index is 0. The van der Waals surface area contributed by atoms with Gasteiger partial charge in [-0.3, -0.25) is 0 Å².